The van der Waals surface area contributed by atoms with Crippen molar-refractivity contribution in [1.29, 1.82) is 0 Å². The Balaban J connectivity index is 1.74. The second kappa shape index (κ2) is 6.65. The van der Waals surface area contributed by atoms with Gasteiger partial charge in [0.15, 0.2) is 0 Å². The zero-order valence-electron chi connectivity index (χ0n) is 13.7. The van der Waals surface area contributed by atoms with Gasteiger partial charge in [0.05, 0.1) is 18.3 Å². The highest BCUT2D eigenvalue weighted by molar-refractivity contribution is 5.93. The second-order valence-corrected chi connectivity index (χ2v) is 6.67. The third kappa shape index (κ3) is 3.24. The first-order chi connectivity index (χ1) is 10.6. The molecule has 1 atom stereocenters. The Labute approximate surface area is 132 Å². The average Bonchev–Trinajstić information content (AvgIpc) is 3.01. The molecular formula is C17H26N4O. The van der Waals surface area contributed by atoms with Crippen molar-refractivity contribution in [1.82, 2.24) is 19.6 Å². The molecule has 2 heterocycles. The van der Waals surface area contributed by atoms with Crippen LogP contribution in [0.3, 0.4) is 0 Å². The summed E-state index contributed by atoms with van der Waals surface area (Å²) in [7, 11) is 4.17. The first-order valence-electron chi connectivity index (χ1n) is 8.30. The van der Waals surface area contributed by atoms with E-state index < -0.39 is 0 Å². The maximum atomic E-state index is 12.8. The summed E-state index contributed by atoms with van der Waals surface area (Å²) in [5.41, 5.74) is 2.17. The molecular weight excluding hydrogens is 276 g/mol. The lowest BCUT2D eigenvalue weighted by atomic mass is 9.98. The molecule has 2 aliphatic rings. The van der Waals surface area contributed by atoms with Gasteiger partial charge in [0.25, 0.3) is 0 Å². The highest BCUT2D eigenvalue weighted by Gasteiger charge is 2.29. The molecule has 1 aromatic rings. The number of hydrogen-bond donors (Lipinski definition) is 0. The van der Waals surface area contributed by atoms with Crippen molar-refractivity contribution in [3.8, 4) is 0 Å². The van der Waals surface area contributed by atoms with E-state index >= 15 is 0 Å². The molecule has 5 nitrogen and oxygen atoms in total. The number of fused-ring (bicyclic) bond motifs is 1. The van der Waals surface area contributed by atoms with Crippen molar-refractivity contribution >= 4 is 5.91 Å². The molecule has 0 bridgehead atoms. The Bertz CT molecular complexity index is 561. The smallest absolute Gasteiger partial charge is 0.249 e. The molecule has 0 fully saturated rings. The summed E-state index contributed by atoms with van der Waals surface area (Å²) in [6, 6.07) is 2.33. The van der Waals surface area contributed by atoms with Gasteiger partial charge >= 0.3 is 0 Å². The summed E-state index contributed by atoms with van der Waals surface area (Å²) >= 11 is 0. The molecule has 0 saturated heterocycles. The number of hydrogen-bond acceptors (Lipinski definition) is 3. The number of amides is 1. The van der Waals surface area contributed by atoms with Gasteiger partial charge in [-0.25, -0.2) is 0 Å². The van der Waals surface area contributed by atoms with E-state index in [2.05, 4.69) is 34.9 Å². The van der Waals surface area contributed by atoms with Crippen molar-refractivity contribution in [2.75, 3.05) is 27.2 Å². The van der Waals surface area contributed by atoms with Gasteiger partial charge in [-0.15, -0.1) is 0 Å². The minimum Gasteiger partial charge on any atom is -0.331 e. The minimum absolute atomic E-state index is 0.238. The first-order valence-corrected chi connectivity index (χ1v) is 8.30. The van der Waals surface area contributed by atoms with Crippen molar-refractivity contribution in [3.63, 3.8) is 0 Å². The highest BCUT2D eigenvalue weighted by Crippen LogP contribution is 2.26. The van der Waals surface area contributed by atoms with Gasteiger partial charge in [0.2, 0.25) is 5.91 Å². The predicted octanol–water partition coefficient (Wildman–Crippen LogP) is 2.22. The third-order valence-electron chi connectivity index (χ3n) is 4.64. The number of nitrogens with zero attached hydrogens (tertiary/aromatic N) is 4. The van der Waals surface area contributed by atoms with E-state index in [1.54, 1.807) is 0 Å². The Morgan fingerprint density at radius 1 is 1.41 bits per heavy atom. The Morgan fingerprint density at radius 2 is 2.27 bits per heavy atom. The Kier molecular flexibility index (Phi) is 4.62. The number of allylic oxidation sites excluding steroid dienone is 1. The fourth-order valence-electron chi connectivity index (χ4n) is 3.40. The second-order valence-electron chi connectivity index (χ2n) is 6.67. The molecule has 120 valence electrons. The molecule has 1 aromatic heterocycles. The molecule has 0 aromatic carbocycles. The normalized spacial score (nSPS) is 21.7. The standard InChI is InChI=1S/C17H26N4O/c1-19(2)11-9-16-13-20(12-15-8-10-18-21(15)16)17(22)14-6-4-3-5-7-14/h6,8,10,16H,3-5,7,9,11-13H2,1-2H3/t16-/m0/s1. The summed E-state index contributed by atoms with van der Waals surface area (Å²) in [6.07, 6.45) is 9.37. The maximum Gasteiger partial charge on any atom is 0.249 e. The van der Waals surface area contributed by atoms with Crippen LogP contribution in [-0.4, -0.2) is 52.7 Å². The molecule has 1 amide bonds. The molecule has 22 heavy (non-hydrogen) atoms. The summed E-state index contributed by atoms with van der Waals surface area (Å²) in [4.78, 5) is 17.0. The van der Waals surface area contributed by atoms with Gasteiger partial charge in [-0.05, 0) is 58.8 Å². The molecule has 1 aliphatic carbocycles. The maximum absolute atomic E-state index is 12.8. The van der Waals surface area contributed by atoms with E-state index in [1.165, 1.54) is 6.42 Å². The number of carbonyl (C=O) groups excluding carboxylic acids is 1. The number of carbonyl (C=O) groups is 1. The molecule has 3 rings (SSSR count). The van der Waals surface area contributed by atoms with Gasteiger partial charge in [0.1, 0.15) is 0 Å². The minimum atomic E-state index is 0.238. The van der Waals surface area contributed by atoms with Crippen LogP contribution in [0.5, 0.6) is 0 Å². The van der Waals surface area contributed by atoms with Crippen LogP contribution in [0.2, 0.25) is 0 Å². The van der Waals surface area contributed by atoms with Crippen LogP contribution >= 0.6 is 0 Å². The van der Waals surface area contributed by atoms with E-state index in [0.29, 0.717) is 6.54 Å². The van der Waals surface area contributed by atoms with Gasteiger partial charge in [-0.2, -0.15) is 5.10 Å². The molecule has 5 heteroatoms. The van der Waals surface area contributed by atoms with Crippen molar-refractivity contribution in [3.05, 3.63) is 29.6 Å². The number of rotatable bonds is 4. The zero-order valence-corrected chi connectivity index (χ0v) is 13.7. The van der Waals surface area contributed by atoms with Crippen LogP contribution in [0, 0.1) is 0 Å². The molecule has 1 aliphatic heterocycles. The van der Waals surface area contributed by atoms with Gasteiger partial charge in [-0.1, -0.05) is 6.08 Å². The van der Waals surface area contributed by atoms with Crippen LogP contribution in [0.15, 0.2) is 23.9 Å². The van der Waals surface area contributed by atoms with Crippen molar-refractivity contribution in [2.24, 2.45) is 0 Å². The lowest BCUT2D eigenvalue weighted by Crippen LogP contribution is -2.42. The molecule has 0 saturated carbocycles. The Morgan fingerprint density at radius 3 is 3.00 bits per heavy atom. The van der Waals surface area contributed by atoms with E-state index in [1.807, 2.05) is 17.2 Å². The largest absolute Gasteiger partial charge is 0.331 e. The lowest BCUT2D eigenvalue weighted by molar-refractivity contribution is -0.129. The highest BCUT2D eigenvalue weighted by atomic mass is 16.2. The Hall–Kier alpha value is -1.62. The zero-order chi connectivity index (χ0) is 15.5. The molecule has 0 radical (unpaired) electrons. The van der Waals surface area contributed by atoms with E-state index in [-0.39, 0.29) is 11.9 Å². The van der Waals surface area contributed by atoms with E-state index in [0.717, 1.165) is 50.0 Å². The van der Waals surface area contributed by atoms with Crippen molar-refractivity contribution < 1.29 is 4.79 Å². The van der Waals surface area contributed by atoms with E-state index in [4.69, 9.17) is 0 Å². The van der Waals surface area contributed by atoms with Crippen LogP contribution < -0.4 is 0 Å². The fourth-order valence-corrected chi connectivity index (χ4v) is 3.40. The number of aromatic nitrogens is 2. The fraction of sp³-hybridized carbons (Fsp3) is 0.647. The monoisotopic (exact) mass is 302 g/mol. The predicted molar refractivity (Wildman–Crippen MR) is 86.4 cm³/mol. The van der Waals surface area contributed by atoms with E-state index in [9.17, 15) is 4.79 Å². The third-order valence-corrected chi connectivity index (χ3v) is 4.64. The van der Waals surface area contributed by atoms with Crippen LogP contribution in [0.1, 0.15) is 43.8 Å². The van der Waals surface area contributed by atoms with Crippen LogP contribution in [0.4, 0.5) is 0 Å². The summed E-state index contributed by atoms with van der Waals surface area (Å²) in [5, 5.41) is 4.47. The van der Waals surface area contributed by atoms with Gasteiger partial charge in [0, 0.05) is 18.3 Å². The van der Waals surface area contributed by atoms with Crippen LogP contribution in [-0.2, 0) is 11.3 Å². The first kappa shape index (κ1) is 15.3. The summed E-state index contributed by atoms with van der Waals surface area (Å²) < 4.78 is 2.11. The topological polar surface area (TPSA) is 41.4 Å². The molecule has 0 N–H and O–H groups in total. The van der Waals surface area contributed by atoms with Gasteiger partial charge in [-0.3, -0.25) is 9.48 Å². The average molecular weight is 302 g/mol. The quantitative estimate of drug-likeness (QED) is 0.856. The SMILES string of the molecule is CN(C)CC[C@H]1CN(C(=O)C2=CCCCC2)Cc2ccnn21. The summed E-state index contributed by atoms with van der Waals surface area (Å²) in [6.45, 7) is 2.47. The molecule has 0 unspecified atom stereocenters. The molecule has 0 spiro atoms. The lowest BCUT2D eigenvalue weighted by Gasteiger charge is -2.35. The van der Waals surface area contributed by atoms with Gasteiger partial charge < -0.3 is 9.80 Å². The van der Waals surface area contributed by atoms with Crippen molar-refractivity contribution in [2.45, 2.75) is 44.7 Å². The summed E-state index contributed by atoms with van der Waals surface area (Å²) in [5.74, 6) is 0.238. The van der Waals surface area contributed by atoms with Crippen LogP contribution in [0.25, 0.3) is 0 Å².